The lowest BCUT2D eigenvalue weighted by molar-refractivity contribution is -0.145. The summed E-state index contributed by atoms with van der Waals surface area (Å²) >= 11 is 0. The van der Waals surface area contributed by atoms with E-state index in [4.69, 9.17) is 4.74 Å². The summed E-state index contributed by atoms with van der Waals surface area (Å²) in [4.78, 5) is 14.0. The van der Waals surface area contributed by atoms with Crippen LogP contribution < -0.4 is 4.90 Å². The Balaban J connectivity index is 2.22. The van der Waals surface area contributed by atoms with Gasteiger partial charge >= 0.3 is 5.97 Å². The molecule has 2 unspecified atom stereocenters. The van der Waals surface area contributed by atoms with Crippen molar-refractivity contribution in [1.29, 1.82) is 0 Å². The SMILES string of the molecule is COC(=O)C(C)C(C)N1CCCc2ccccc21. The van der Waals surface area contributed by atoms with Gasteiger partial charge < -0.3 is 9.64 Å². The van der Waals surface area contributed by atoms with Crippen LogP contribution in [-0.4, -0.2) is 25.7 Å². The maximum Gasteiger partial charge on any atom is 0.310 e. The molecule has 3 nitrogen and oxygen atoms in total. The van der Waals surface area contributed by atoms with Crippen LogP contribution in [0.15, 0.2) is 24.3 Å². The van der Waals surface area contributed by atoms with Crippen LogP contribution >= 0.6 is 0 Å². The third-order valence-corrected chi connectivity index (χ3v) is 3.93. The zero-order chi connectivity index (χ0) is 13.1. The molecule has 1 aliphatic heterocycles. The number of hydrogen-bond acceptors (Lipinski definition) is 3. The predicted octanol–water partition coefficient (Wildman–Crippen LogP) is 2.64. The van der Waals surface area contributed by atoms with Crippen molar-refractivity contribution in [3.8, 4) is 0 Å². The van der Waals surface area contributed by atoms with Gasteiger partial charge in [0, 0.05) is 18.3 Å². The van der Waals surface area contributed by atoms with Gasteiger partial charge in [-0.15, -0.1) is 0 Å². The predicted molar refractivity (Wildman–Crippen MR) is 72.8 cm³/mol. The number of anilines is 1. The van der Waals surface area contributed by atoms with E-state index in [0.717, 1.165) is 19.4 Å². The molecular formula is C15H21NO2. The molecule has 1 aromatic rings. The van der Waals surface area contributed by atoms with Crippen molar-refractivity contribution in [2.45, 2.75) is 32.7 Å². The molecule has 0 saturated heterocycles. The highest BCUT2D eigenvalue weighted by Gasteiger charge is 2.29. The van der Waals surface area contributed by atoms with Gasteiger partial charge in [0.15, 0.2) is 0 Å². The van der Waals surface area contributed by atoms with E-state index >= 15 is 0 Å². The first kappa shape index (κ1) is 12.9. The van der Waals surface area contributed by atoms with Gasteiger partial charge in [0.25, 0.3) is 0 Å². The summed E-state index contributed by atoms with van der Waals surface area (Å²) < 4.78 is 4.85. The zero-order valence-electron chi connectivity index (χ0n) is 11.3. The molecule has 0 saturated carbocycles. The standard InChI is InChI=1S/C15H21NO2/c1-11(15(17)18-3)12(2)16-10-6-8-13-7-4-5-9-14(13)16/h4-5,7,9,11-12H,6,8,10H2,1-3H3. The maximum absolute atomic E-state index is 11.7. The molecule has 18 heavy (non-hydrogen) atoms. The van der Waals surface area contributed by atoms with Crippen LogP contribution in [-0.2, 0) is 16.0 Å². The van der Waals surface area contributed by atoms with Crippen LogP contribution in [0.2, 0.25) is 0 Å². The van der Waals surface area contributed by atoms with E-state index in [1.54, 1.807) is 0 Å². The Morgan fingerprint density at radius 3 is 2.78 bits per heavy atom. The number of carbonyl (C=O) groups is 1. The molecule has 0 amide bonds. The number of carbonyl (C=O) groups excluding carboxylic acids is 1. The second-order valence-corrected chi connectivity index (χ2v) is 4.98. The molecule has 1 aromatic carbocycles. The van der Waals surface area contributed by atoms with Gasteiger partial charge in [0.2, 0.25) is 0 Å². The number of fused-ring (bicyclic) bond motifs is 1. The third kappa shape index (κ3) is 2.35. The lowest BCUT2D eigenvalue weighted by atomic mass is 9.95. The average Bonchev–Trinajstić information content (AvgIpc) is 2.44. The van der Waals surface area contributed by atoms with Gasteiger partial charge in [0.1, 0.15) is 0 Å². The number of para-hydroxylation sites is 1. The molecular weight excluding hydrogens is 226 g/mol. The van der Waals surface area contributed by atoms with Gasteiger partial charge in [-0.3, -0.25) is 4.79 Å². The molecule has 2 atom stereocenters. The molecule has 2 rings (SSSR count). The summed E-state index contributed by atoms with van der Waals surface area (Å²) in [6.07, 6.45) is 2.28. The number of hydrogen-bond donors (Lipinski definition) is 0. The smallest absolute Gasteiger partial charge is 0.310 e. The van der Waals surface area contributed by atoms with E-state index in [9.17, 15) is 4.79 Å². The molecule has 0 spiro atoms. The highest BCUT2D eigenvalue weighted by atomic mass is 16.5. The van der Waals surface area contributed by atoms with Crippen molar-refractivity contribution in [1.82, 2.24) is 0 Å². The van der Waals surface area contributed by atoms with E-state index in [2.05, 4.69) is 36.1 Å². The molecule has 0 aromatic heterocycles. The van der Waals surface area contributed by atoms with Crippen LogP contribution in [0.3, 0.4) is 0 Å². The number of ether oxygens (including phenoxy) is 1. The fourth-order valence-corrected chi connectivity index (χ4v) is 2.64. The van der Waals surface area contributed by atoms with Gasteiger partial charge in [-0.25, -0.2) is 0 Å². The average molecular weight is 247 g/mol. The van der Waals surface area contributed by atoms with E-state index in [0.29, 0.717) is 0 Å². The summed E-state index contributed by atoms with van der Waals surface area (Å²) in [5, 5.41) is 0. The fraction of sp³-hybridized carbons (Fsp3) is 0.533. The Hall–Kier alpha value is -1.51. The molecule has 0 bridgehead atoms. The summed E-state index contributed by atoms with van der Waals surface area (Å²) in [7, 11) is 1.45. The first-order valence-corrected chi connectivity index (χ1v) is 6.57. The first-order valence-electron chi connectivity index (χ1n) is 6.57. The monoisotopic (exact) mass is 247 g/mol. The zero-order valence-corrected chi connectivity index (χ0v) is 11.3. The Bertz CT molecular complexity index is 430. The third-order valence-electron chi connectivity index (χ3n) is 3.93. The fourth-order valence-electron chi connectivity index (χ4n) is 2.64. The largest absolute Gasteiger partial charge is 0.469 e. The minimum atomic E-state index is -0.134. The Morgan fingerprint density at radius 2 is 2.06 bits per heavy atom. The molecule has 0 N–H and O–H groups in total. The highest BCUT2D eigenvalue weighted by Crippen LogP contribution is 2.30. The Kier molecular flexibility index (Phi) is 3.90. The Morgan fingerprint density at radius 1 is 1.33 bits per heavy atom. The number of nitrogens with zero attached hydrogens (tertiary/aromatic N) is 1. The van der Waals surface area contributed by atoms with Crippen LogP contribution in [0.1, 0.15) is 25.8 Å². The van der Waals surface area contributed by atoms with Gasteiger partial charge in [0.05, 0.1) is 13.0 Å². The normalized spacial score (nSPS) is 17.8. The van der Waals surface area contributed by atoms with E-state index < -0.39 is 0 Å². The first-order chi connectivity index (χ1) is 8.65. The highest BCUT2D eigenvalue weighted by molar-refractivity contribution is 5.73. The second-order valence-electron chi connectivity index (χ2n) is 4.98. The number of aryl methyl sites for hydroxylation is 1. The summed E-state index contributed by atoms with van der Waals surface area (Å²) in [6, 6.07) is 8.63. The Labute approximate surface area is 109 Å². The number of methoxy groups -OCH3 is 1. The van der Waals surface area contributed by atoms with Crippen molar-refractivity contribution in [2.24, 2.45) is 5.92 Å². The van der Waals surface area contributed by atoms with Crippen LogP contribution in [0.4, 0.5) is 5.69 Å². The second kappa shape index (κ2) is 5.42. The summed E-state index contributed by atoms with van der Waals surface area (Å²) in [5.41, 5.74) is 2.65. The lowest BCUT2D eigenvalue weighted by Gasteiger charge is -2.38. The summed E-state index contributed by atoms with van der Waals surface area (Å²) in [5.74, 6) is -0.244. The molecule has 0 aliphatic carbocycles. The van der Waals surface area contributed by atoms with E-state index in [1.807, 2.05) is 6.92 Å². The van der Waals surface area contributed by atoms with Gasteiger partial charge in [-0.1, -0.05) is 18.2 Å². The van der Waals surface area contributed by atoms with Crippen molar-refractivity contribution >= 4 is 11.7 Å². The van der Waals surface area contributed by atoms with E-state index in [1.165, 1.54) is 18.4 Å². The van der Waals surface area contributed by atoms with Gasteiger partial charge in [-0.05, 0) is 38.3 Å². The van der Waals surface area contributed by atoms with E-state index in [-0.39, 0.29) is 17.9 Å². The van der Waals surface area contributed by atoms with Crippen LogP contribution in [0.25, 0.3) is 0 Å². The van der Waals surface area contributed by atoms with Crippen LogP contribution in [0.5, 0.6) is 0 Å². The van der Waals surface area contributed by atoms with Crippen LogP contribution in [0, 0.1) is 5.92 Å². The molecule has 0 radical (unpaired) electrons. The summed E-state index contributed by atoms with van der Waals surface area (Å²) in [6.45, 7) is 5.05. The van der Waals surface area contributed by atoms with Gasteiger partial charge in [-0.2, -0.15) is 0 Å². The molecule has 98 valence electrons. The minimum Gasteiger partial charge on any atom is -0.469 e. The van der Waals surface area contributed by atoms with Crippen molar-refractivity contribution in [2.75, 3.05) is 18.6 Å². The maximum atomic E-state index is 11.7. The quantitative estimate of drug-likeness (QED) is 0.769. The molecule has 1 heterocycles. The van der Waals surface area contributed by atoms with Crippen molar-refractivity contribution in [3.63, 3.8) is 0 Å². The lowest BCUT2D eigenvalue weighted by Crippen LogP contribution is -2.43. The topological polar surface area (TPSA) is 29.5 Å². The minimum absolute atomic E-state index is 0.110. The van der Waals surface area contributed by atoms with Crippen molar-refractivity contribution < 1.29 is 9.53 Å². The number of esters is 1. The van der Waals surface area contributed by atoms with Crippen molar-refractivity contribution in [3.05, 3.63) is 29.8 Å². The number of benzene rings is 1. The number of rotatable bonds is 3. The molecule has 0 fully saturated rings. The molecule has 3 heteroatoms. The molecule has 1 aliphatic rings.